The van der Waals surface area contributed by atoms with E-state index in [2.05, 4.69) is 4.98 Å². The van der Waals surface area contributed by atoms with Gasteiger partial charge < -0.3 is 19.5 Å². The summed E-state index contributed by atoms with van der Waals surface area (Å²) in [4.78, 5) is 30.1. The molecule has 1 aliphatic rings. The molecule has 0 unspecified atom stereocenters. The van der Waals surface area contributed by atoms with Gasteiger partial charge in [-0.1, -0.05) is 12.1 Å². The van der Waals surface area contributed by atoms with Gasteiger partial charge >= 0.3 is 5.97 Å². The van der Waals surface area contributed by atoms with Crippen molar-refractivity contribution >= 4 is 17.6 Å². The molecule has 1 N–H and O–H groups in total. The first-order chi connectivity index (χ1) is 11.6. The number of aromatic nitrogens is 1. The van der Waals surface area contributed by atoms with Gasteiger partial charge in [0.15, 0.2) is 6.61 Å². The predicted molar refractivity (Wildman–Crippen MR) is 86.3 cm³/mol. The predicted octanol–water partition coefficient (Wildman–Crippen LogP) is 1.66. The third-order valence-electron chi connectivity index (χ3n) is 3.97. The monoisotopic (exact) mass is 331 g/mol. The fourth-order valence-electron chi connectivity index (χ4n) is 2.66. The van der Waals surface area contributed by atoms with Crippen LogP contribution in [-0.2, 0) is 9.53 Å². The van der Waals surface area contributed by atoms with Crippen molar-refractivity contribution in [2.24, 2.45) is 0 Å². The van der Waals surface area contributed by atoms with Gasteiger partial charge in [0, 0.05) is 32.4 Å². The van der Waals surface area contributed by atoms with E-state index in [9.17, 15) is 14.0 Å². The first-order valence-electron chi connectivity index (χ1n) is 7.73. The zero-order valence-electron chi connectivity index (χ0n) is 13.1. The Balaban J connectivity index is 1.48. The molecule has 1 saturated heterocycles. The summed E-state index contributed by atoms with van der Waals surface area (Å²) in [5.74, 6) is -1.07. The number of anilines is 1. The van der Waals surface area contributed by atoms with E-state index < -0.39 is 5.97 Å². The van der Waals surface area contributed by atoms with Crippen molar-refractivity contribution in [3.05, 3.63) is 54.1 Å². The third kappa shape index (κ3) is 3.56. The number of hydrogen-bond donors (Lipinski definition) is 1. The standard InChI is InChI=1S/C17H18FN3O3/c18-13-4-1-2-6-15(13)20-8-10-21(11-9-20)16(22)12-24-17(23)14-5-3-7-19-14/h1-7,19H,8-12H2. The highest BCUT2D eigenvalue weighted by atomic mass is 19.1. The Labute approximate surface area is 138 Å². The minimum Gasteiger partial charge on any atom is -0.451 e. The lowest BCUT2D eigenvalue weighted by atomic mass is 10.2. The molecule has 1 fully saturated rings. The number of halogens is 1. The van der Waals surface area contributed by atoms with Crippen molar-refractivity contribution in [1.82, 2.24) is 9.88 Å². The normalized spacial score (nSPS) is 14.5. The molecule has 6 nitrogen and oxygen atoms in total. The fourth-order valence-corrected chi connectivity index (χ4v) is 2.66. The summed E-state index contributed by atoms with van der Waals surface area (Å²) in [7, 11) is 0. The van der Waals surface area contributed by atoms with Gasteiger partial charge in [0.2, 0.25) is 0 Å². The number of carbonyl (C=O) groups is 2. The molecule has 0 radical (unpaired) electrons. The summed E-state index contributed by atoms with van der Waals surface area (Å²) in [6, 6.07) is 9.85. The minimum atomic E-state index is -0.557. The number of benzene rings is 1. The first-order valence-corrected chi connectivity index (χ1v) is 7.73. The summed E-state index contributed by atoms with van der Waals surface area (Å²) in [5, 5.41) is 0. The molecule has 2 heterocycles. The first kappa shape index (κ1) is 16.0. The Kier molecular flexibility index (Phi) is 4.79. The molecular weight excluding hydrogens is 313 g/mol. The van der Waals surface area contributed by atoms with Crippen molar-refractivity contribution in [1.29, 1.82) is 0 Å². The maximum atomic E-state index is 13.8. The Morgan fingerprint density at radius 2 is 1.83 bits per heavy atom. The van der Waals surface area contributed by atoms with Crippen molar-refractivity contribution in [2.75, 3.05) is 37.7 Å². The van der Waals surface area contributed by atoms with Gasteiger partial charge in [0.25, 0.3) is 5.91 Å². The Hall–Kier alpha value is -2.83. The molecule has 1 aliphatic heterocycles. The van der Waals surface area contributed by atoms with E-state index in [0.717, 1.165) is 0 Å². The quantitative estimate of drug-likeness (QED) is 0.866. The van der Waals surface area contributed by atoms with Gasteiger partial charge in [-0.2, -0.15) is 0 Å². The van der Waals surface area contributed by atoms with E-state index >= 15 is 0 Å². The summed E-state index contributed by atoms with van der Waals surface area (Å²) >= 11 is 0. The second kappa shape index (κ2) is 7.16. The number of aromatic amines is 1. The number of piperazine rings is 1. The second-order valence-electron chi connectivity index (χ2n) is 5.48. The molecule has 0 aliphatic carbocycles. The maximum Gasteiger partial charge on any atom is 0.355 e. The van der Waals surface area contributed by atoms with E-state index in [0.29, 0.717) is 37.6 Å². The van der Waals surface area contributed by atoms with E-state index in [1.54, 1.807) is 41.4 Å². The Morgan fingerprint density at radius 1 is 1.08 bits per heavy atom. The van der Waals surface area contributed by atoms with Crippen LogP contribution >= 0.6 is 0 Å². The summed E-state index contributed by atoms with van der Waals surface area (Å²) in [6.07, 6.45) is 1.61. The van der Waals surface area contributed by atoms with Crippen LogP contribution in [0.25, 0.3) is 0 Å². The van der Waals surface area contributed by atoms with Crippen LogP contribution in [-0.4, -0.2) is 54.5 Å². The minimum absolute atomic E-state index is 0.247. The summed E-state index contributed by atoms with van der Waals surface area (Å²) in [6.45, 7) is 1.71. The third-order valence-corrected chi connectivity index (χ3v) is 3.97. The number of carbonyl (C=O) groups excluding carboxylic acids is 2. The van der Waals surface area contributed by atoms with E-state index in [1.807, 2.05) is 4.90 Å². The SMILES string of the molecule is O=C(OCC(=O)N1CCN(c2ccccc2F)CC1)c1ccc[nH]1. The van der Waals surface area contributed by atoms with Crippen molar-refractivity contribution in [3.8, 4) is 0 Å². The van der Waals surface area contributed by atoms with Crippen LogP contribution in [0, 0.1) is 5.82 Å². The number of nitrogens with one attached hydrogen (secondary N) is 1. The van der Waals surface area contributed by atoms with Gasteiger partial charge in [-0.05, 0) is 24.3 Å². The highest BCUT2D eigenvalue weighted by Gasteiger charge is 2.23. The molecule has 0 atom stereocenters. The van der Waals surface area contributed by atoms with Crippen molar-refractivity contribution in [3.63, 3.8) is 0 Å². The highest BCUT2D eigenvalue weighted by Crippen LogP contribution is 2.20. The fraction of sp³-hybridized carbons (Fsp3) is 0.294. The molecule has 1 amide bonds. The number of ether oxygens (including phenoxy) is 1. The lowest BCUT2D eigenvalue weighted by molar-refractivity contribution is -0.134. The maximum absolute atomic E-state index is 13.8. The topological polar surface area (TPSA) is 65.6 Å². The molecule has 1 aromatic carbocycles. The summed E-state index contributed by atoms with van der Waals surface area (Å²) < 4.78 is 18.8. The van der Waals surface area contributed by atoms with Crippen LogP contribution in [0.4, 0.5) is 10.1 Å². The molecule has 1 aromatic heterocycles. The summed E-state index contributed by atoms with van der Waals surface area (Å²) in [5.41, 5.74) is 0.856. The molecule has 7 heteroatoms. The van der Waals surface area contributed by atoms with Crippen LogP contribution in [0.15, 0.2) is 42.6 Å². The molecule has 24 heavy (non-hydrogen) atoms. The number of amides is 1. The molecular formula is C17H18FN3O3. The number of para-hydroxylation sites is 1. The lowest BCUT2D eigenvalue weighted by Gasteiger charge is -2.36. The van der Waals surface area contributed by atoms with E-state index in [1.165, 1.54) is 6.07 Å². The van der Waals surface area contributed by atoms with E-state index in [4.69, 9.17) is 4.74 Å². The molecule has 126 valence electrons. The van der Waals surface area contributed by atoms with Gasteiger partial charge in [-0.3, -0.25) is 4.79 Å². The zero-order valence-corrected chi connectivity index (χ0v) is 13.1. The Morgan fingerprint density at radius 3 is 2.50 bits per heavy atom. The number of H-pyrrole nitrogens is 1. The van der Waals surface area contributed by atoms with Crippen molar-refractivity contribution in [2.45, 2.75) is 0 Å². The average Bonchev–Trinajstić information content (AvgIpc) is 3.15. The second-order valence-corrected chi connectivity index (χ2v) is 5.48. The largest absolute Gasteiger partial charge is 0.451 e. The van der Waals surface area contributed by atoms with Crippen molar-refractivity contribution < 1.29 is 18.7 Å². The van der Waals surface area contributed by atoms with Crippen LogP contribution in [0.5, 0.6) is 0 Å². The van der Waals surface area contributed by atoms with Gasteiger partial charge in [0.1, 0.15) is 11.5 Å². The lowest BCUT2D eigenvalue weighted by Crippen LogP contribution is -2.50. The van der Waals surface area contributed by atoms with E-state index in [-0.39, 0.29) is 18.3 Å². The molecule has 2 aromatic rings. The van der Waals surface area contributed by atoms with Gasteiger partial charge in [0.05, 0.1) is 5.69 Å². The van der Waals surface area contributed by atoms with Gasteiger partial charge in [-0.15, -0.1) is 0 Å². The number of esters is 1. The smallest absolute Gasteiger partial charge is 0.355 e. The Bertz CT molecular complexity index is 710. The highest BCUT2D eigenvalue weighted by molar-refractivity contribution is 5.89. The molecule has 0 bridgehead atoms. The van der Waals surface area contributed by atoms with Crippen LogP contribution in [0.2, 0.25) is 0 Å². The zero-order chi connectivity index (χ0) is 16.9. The average molecular weight is 331 g/mol. The number of nitrogens with zero attached hydrogens (tertiary/aromatic N) is 2. The van der Waals surface area contributed by atoms with Crippen LogP contribution < -0.4 is 4.90 Å². The van der Waals surface area contributed by atoms with Crippen LogP contribution in [0.3, 0.4) is 0 Å². The molecule has 3 rings (SSSR count). The molecule has 0 saturated carbocycles. The number of hydrogen-bond acceptors (Lipinski definition) is 4. The number of rotatable bonds is 4. The van der Waals surface area contributed by atoms with Gasteiger partial charge in [-0.25, -0.2) is 9.18 Å². The molecule has 0 spiro atoms. The van der Waals surface area contributed by atoms with Crippen LogP contribution in [0.1, 0.15) is 10.5 Å².